The van der Waals surface area contributed by atoms with Gasteiger partial charge in [0.1, 0.15) is 6.04 Å². The number of carbonyl (C=O) groups excluding carboxylic acids is 2. The summed E-state index contributed by atoms with van der Waals surface area (Å²) in [7, 11) is 0. The molecule has 0 saturated heterocycles. The van der Waals surface area contributed by atoms with Crippen LogP contribution in [0.1, 0.15) is 43.5 Å². The van der Waals surface area contributed by atoms with Gasteiger partial charge in [-0.2, -0.15) is 0 Å². The molecule has 0 radical (unpaired) electrons. The van der Waals surface area contributed by atoms with Gasteiger partial charge >= 0.3 is 0 Å². The van der Waals surface area contributed by atoms with Crippen molar-refractivity contribution in [3.8, 4) is 0 Å². The lowest BCUT2D eigenvalue weighted by Gasteiger charge is -2.15. The maximum atomic E-state index is 11.8. The molecule has 0 heterocycles. The number of ketones is 1. The van der Waals surface area contributed by atoms with Crippen LogP contribution >= 0.6 is 0 Å². The SMILES string of the molecule is CCC(=O)c1ccc(NC(C)C(=O)NC2CC2)cc1. The molecule has 2 rings (SSSR count). The van der Waals surface area contributed by atoms with Crippen LogP contribution in [0.4, 0.5) is 5.69 Å². The van der Waals surface area contributed by atoms with Crippen molar-refractivity contribution in [2.45, 2.75) is 45.2 Å². The predicted molar refractivity (Wildman–Crippen MR) is 75.3 cm³/mol. The molecule has 2 N–H and O–H groups in total. The second kappa shape index (κ2) is 5.87. The number of amides is 1. The molecule has 0 aromatic heterocycles. The molecule has 1 fully saturated rings. The van der Waals surface area contributed by atoms with Crippen molar-refractivity contribution in [3.05, 3.63) is 29.8 Å². The zero-order valence-corrected chi connectivity index (χ0v) is 11.4. The lowest BCUT2D eigenvalue weighted by molar-refractivity contribution is -0.121. The van der Waals surface area contributed by atoms with Crippen LogP contribution in [0.15, 0.2) is 24.3 Å². The number of rotatable bonds is 6. The highest BCUT2D eigenvalue weighted by Crippen LogP contribution is 2.19. The van der Waals surface area contributed by atoms with Crippen LogP contribution in [0.2, 0.25) is 0 Å². The fourth-order valence-corrected chi connectivity index (χ4v) is 1.83. The van der Waals surface area contributed by atoms with Crippen LogP contribution in [-0.4, -0.2) is 23.8 Å². The lowest BCUT2D eigenvalue weighted by atomic mass is 10.1. The van der Waals surface area contributed by atoms with Gasteiger partial charge in [-0.25, -0.2) is 0 Å². The van der Waals surface area contributed by atoms with E-state index in [1.807, 2.05) is 26.0 Å². The van der Waals surface area contributed by atoms with Gasteiger partial charge in [-0.3, -0.25) is 9.59 Å². The van der Waals surface area contributed by atoms with Crippen LogP contribution in [0.25, 0.3) is 0 Å². The first-order valence-corrected chi connectivity index (χ1v) is 6.80. The highest BCUT2D eigenvalue weighted by Gasteiger charge is 2.25. The third-order valence-electron chi connectivity index (χ3n) is 3.23. The standard InChI is InChI=1S/C15H20N2O2/c1-3-14(18)11-4-6-12(7-5-11)16-10(2)15(19)17-13-8-9-13/h4-7,10,13,16H,3,8-9H2,1-2H3,(H,17,19). The summed E-state index contributed by atoms with van der Waals surface area (Å²) < 4.78 is 0. The molecule has 4 nitrogen and oxygen atoms in total. The predicted octanol–water partition coefficient (Wildman–Crippen LogP) is 2.36. The molecule has 0 aliphatic heterocycles. The Morgan fingerprint density at radius 1 is 1.26 bits per heavy atom. The smallest absolute Gasteiger partial charge is 0.242 e. The molecule has 19 heavy (non-hydrogen) atoms. The zero-order chi connectivity index (χ0) is 13.8. The van der Waals surface area contributed by atoms with Crippen molar-refractivity contribution in [1.82, 2.24) is 5.32 Å². The topological polar surface area (TPSA) is 58.2 Å². The number of nitrogens with one attached hydrogen (secondary N) is 2. The largest absolute Gasteiger partial charge is 0.374 e. The third kappa shape index (κ3) is 3.81. The fraction of sp³-hybridized carbons (Fsp3) is 0.467. The maximum Gasteiger partial charge on any atom is 0.242 e. The van der Waals surface area contributed by atoms with Crippen LogP contribution in [0, 0.1) is 0 Å². The Labute approximate surface area is 113 Å². The number of benzene rings is 1. The molecule has 1 unspecified atom stereocenters. The minimum Gasteiger partial charge on any atom is -0.374 e. The van der Waals surface area contributed by atoms with E-state index >= 15 is 0 Å². The second-order valence-corrected chi connectivity index (χ2v) is 5.00. The molecule has 1 amide bonds. The first-order chi connectivity index (χ1) is 9.10. The van der Waals surface area contributed by atoms with Gasteiger partial charge in [0.15, 0.2) is 5.78 Å². The maximum absolute atomic E-state index is 11.8. The van der Waals surface area contributed by atoms with Crippen molar-refractivity contribution in [1.29, 1.82) is 0 Å². The lowest BCUT2D eigenvalue weighted by Crippen LogP contribution is -2.38. The molecule has 1 aliphatic rings. The number of hydrogen-bond donors (Lipinski definition) is 2. The highest BCUT2D eigenvalue weighted by atomic mass is 16.2. The van der Waals surface area contributed by atoms with Crippen molar-refractivity contribution in [2.75, 3.05) is 5.32 Å². The van der Waals surface area contributed by atoms with E-state index in [-0.39, 0.29) is 17.7 Å². The van der Waals surface area contributed by atoms with E-state index in [9.17, 15) is 9.59 Å². The Balaban J connectivity index is 1.90. The Kier molecular flexibility index (Phi) is 4.20. The van der Waals surface area contributed by atoms with Crippen LogP contribution in [0.3, 0.4) is 0 Å². The molecular formula is C15H20N2O2. The molecule has 1 aromatic carbocycles. The van der Waals surface area contributed by atoms with Gasteiger partial charge in [-0.1, -0.05) is 6.92 Å². The number of carbonyl (C=O) groups is 2. The van der Waals surface area contributed by atoms with E-state index in [1.54, 1.807) is 12.1 Å². The third-order valence-corrected chi connectivity index (χ3v) is 3.23. The fourth-order valence-electron chi connectivity index (χ4n) is 1.83. The van der Waals surface area contributed by atoms with Crippen molar-refractivity contribution >= 4 is 17.4 Å². The first kappa shape index (κ1) is 13.6. The van der Waals surface area contributed by atoms with Crippen LogP contribution < -0.4 is 10.6 Å². The zero-order valence-electron chi connectivity index (χ0n) is 11.4. The van der Waals surface area contributed by atoms with Crippen LogP contribution in [0.5, 0.6) is 0 Å². The van der Waals surface area contributed by atoms with Gasteiger partial charge in [0.25, 0.3) is 0 Å². The van der Waals surface area contributed by atoms with Gasteiger partial charge in [0.05, 0.1) is 0 Å². The van der Waals surface area contributed by atoms with Crippen molar-refractivity contribution < 1.29 is 9.59 Å². The summed E-state index contributed by atoms with van der Waals surface area (Å²) in [4.78, 5) is 23.3. The summed E-state index contributed by atoms with van der Waals surface area (Å²) in [5.41, 5.74) is 1.56. The number of anilines is 1. The second-order valence-electron chi connectivity index (χ2n) is 5.00. The molecular weight excluding hydrogens is 240 g/mol. The van der Waals surface area contributed by atoms with E-state index in [0.29, 0.717) is 18.0 Å². The van der Waals surface area contributed by atoms with Crippen molar-refractivity contribution in [3.63, 3.8) is 0 Å². The average molecular weight is 260 g/mol. The summed E-state index contributed by atoms with van der Waals surface area (Å²) >= 11 is 0. The number of hydrogen-bond acceptors (Lipinski definition) is 3. The van der Waals surface area contributed by atoms with Crippen LogP contribution in [-0.2, 0) is 4.79 Å². The normalized spacial score (nSPS) is 15.7. The van der Waals surface area contributed by atoms with E-state index < -0.39 is 0 Å². The van der Waals surface area contributed by atoms with Gasteiger partial charge in [0.2, 0.25) is 5.91 Å². The summed E-state index contributed by atoms with van der Waals surface area (Å²) in [6.45, 7) is 3.68. The Morgan fingerprint density at radius 3 is 2.42 bits per heavy atom. The molecule has 0 spiro atoms. The minimum atomic E-state index is -0.270. The monoisotopic (exact) mass is 260 g/mol. The number of Topliss-reactive ketones (excluding diaryl/α,β-unsaturated/α-hetero) is 1. The van der Waals surface area contributed by atoms with Gasteiger partial charge < -0.3 is 10.6 Å². The van der Waals surface area contributed by atoms with E-state index in [1.165, 1.54) is 0 Å². The van der Waals surface area contributed by atoms with Gasteiger partial charge in [0, 0.05) is 23.7 Å². The minimum absolute atomic E-state index is 0.0243. The van der Waals surface area contributed by atoms with Crippen molar-refractivity contribution in [2.24, 2.45) is 0 Å². The quantitative estimate of drug-likeness (QED) is 0.772. The molecule has 4 heteroatoms. The average Bonchev–Trinajstić information content (AvgIpc) is 3.22. The first-order valence-electron chi connectivity index (χ1n) is 6.80. The Bertz CT molecular complexity index is 464. The van der Waals surface area contributed by atoms with E-state index in [4.69, 9.17) is 0 Å². The van der Waals surface area contributed by atoms with E-state index in [0.717, 1.165) is 18.5 Å². The summed E-state index contributed by atoms with van der Waals surface area (Å²) in [6, 6.07) is 7.36. The summed E-state index contributed by atoms with van der Waals surface area (Å²) in [6.07, 6.45) is 2.69. The molecule has 0 bridgehead atoms. The Hall–Kier alpha value is -1.84. The Morgan fingerprint density at radius 2 is 1.89 bits per heavy atom. The summed E-state index contributed by atoms with van der Waals surface area (Å²) in [5, 5.41) is 6.09. The molecule has 102 valence electrons. The molecule has 1 aliphatic carbocycles. The van der Waals surface area contributed by atoms with Gasteiger partial charge in [-0.15, -0.1) is 0 Å². The summed E-state index contributed by atoms with van der Waals surface area (Å²) in [5.74, 6) is 0.155. The van der Waals surface area contributed by atoms with Gasteiger partial charge in [-0.05, 0) is 44.0 Å². The van der Waals surface area contributed by atoms with E-state index in [2.05, 4.69) is 10.6 Å². The molecule has 1 saturated carbocycles. The molecule has 1 atom stereocenters. The highest BCUT2D eigenvalue weighted by molar-refractivity contribution is 5.96. The molecule has 1 aromatic rings.